The summed E-state index contributed by atoms with van der Waals surface area (Å²) >= 11 is 0. The highest BCUT2D eigenvalue weighted by Crippen LogP contribution is 1.99. The van der Waals surface area contributed by atoms with Crippen LogP contribution in [-0.2, 0) is 16.1 Å². The number of carbonyl (C=O) groups is 2. The van der Waals surface area contributed by atoms with E-state index in [-0.39, 0.29) is 19.0 Å². The summed E-state index contributed by atoms with van der Waals surface area (Å²) in [5.41, 5.74) is 1.96. The first-order chi connectivity index (χ1) is 7.19. The Kier molecular flexibility index (Phi) is 3.81. The van der Waals surface area contributed by atoms with Crippen molar-refractivity contribution in [1.82, 2.24) is 15.0 Å². The topological polar surface area (TPSA) is 99.2 Å². The van der Waals surface area contributed by atoms with Gasteiger partial charge in [-0.25, -0.2) is 15.6 Å². The van der Waals surface area contributed by atoms with Gasteiger partial charge in [0.25, 0.3) is 5.91 Å². The number of nitrogens with zero attached hydrogens (tertiary/aromatic N) is 2. The number of imidazole rings is 1. The van der Waals surface area contributed by atoms with Crippen molar-refractivity contribution in [3.8, 4) is 0 Å². The first kappa shape index (κ1) is 11.2. The van der Waals surface area contributed by atoms with E-state index in [9.17, 15) is 9.59 Å². The van der Waals surface area contributed by atoms with Crippen LogP contribution in [0.4, 0.5) is 0 Å². The molecule has 1 rings (SSSR count). The van der Waals surface area contributed by atoms with Crippen molar-refractivity contribution in [3.63, 3.8) is 0 Å². The van der Waals surface area contributed by atoms with Crippen LogP contribution in [0.25, 0.3) is 0 Å². The molecule has 0 aliphatic carbocycles. The Morgan fingerprint density at radius 2 is 2.40 bits per heavy atom. The lowest BCUT2D eigenvalue weighted by Gasteiger charge is -2.05. The molecule has 0 atom stereocenters. The van der Waals surface area contributed by atoms with Crippen LogP contribution in [0.5, 0.6) is 0 Å². The van der Waals surface area contributed by atoms with Crippen molar-refractivity contribution >= 4 is 11.9 Å². The minimum Gasteiger partial charge on any atom is -0.460 e. The van der Waals surface area contributed by atoms with Crippen molar-refractivity contribution < 1.29 is 14.3 Å². The Morgan fingerprint density at radius 1 is 1.67 bits per heavy atom. The minimum absolute atomic E-state index is 0.0648. The maximum absolute atomic E-state index is 11.3. The van der Waals surface area contributed by atoms with Gasteiger partial charge in [0, 0.05) is 12.4 Å². The maximum Gasteiger partial charge on any atom is 0.374 e. The van der Waals surface area contributed by atoms with Crippen LogP contribution in [0.1, 0.15) is 17.5 Å². The van der Waals surface area contributed by atoms with Gasteiger partial charge in [-0.1, -0.05) is 0 Å². The molecule has 1 aromatic heterocycles. The molecule has 1 heterocycles. The SMILES string of the molecule is CCOC(=O)c1nccn1CC(=O)NN. The third kappa shape index (κ3) is 2.78. The Balaban J connectivity index is 2.77. The van der Waals surface area contributed by atoms with Gasteiger partial charge >= 0.3 is 5.97 Å². The van der Waals surface area contributed by atoms with Gasteiger partial charge in [-0.3, -0.25) is 10.2 Å². The average molecular weight is 212 g/mol. The van der Waals surface area contributed by atoms with Gasteiger partial charge in [-0.05, 0) is 6.92 Å². The van der Waals surface area contributed by atoms with Gasteiger partial charge in [0.05, 0.1) is 6.61 Å². The van der Waals surface area contributed by atoms with Gasteiger partial charge in [-0.2, -0.15) is 0 Å². The summed E-state index contributed by atoms with van der Waals surface area (Å²) in [6, 6.07) is 0. The maximum atomic E-state index is 11.3. The number of hydrogen-bond acceptors (Lipinski definition) is 5. The van der Waals surface area contributed by atoms with Crippen LogP contribution in [-0.4, -0.2) is 28.0 Å². The lowest BCUT2D eigenvalue weighted by molar-refractivity contribution is -0.121. The van der Waals surface area contributed by atoms with Gasteiger partial charge in [0.15, 0.2) is 0 Å². The quantitative estimate of drug-likeness (QED) is 0.290. The summed E-state index contributed by atoms with van der Waals surface area (Å²) in [6.07, 6.45) is 2.91. The van der Waals surface area contributed by atoms with Crippen molar-refractivity contribution in [2.75, 3.05) is 6.61 Å². The summed E-state index contributed by atoms with van der Waals surface area (Å²) < 4.78 is 6.12. The number of nitrogens with one attached hydrogen (secondary N) is 1. The zero-order valence-electron chi connectivity index (χ0n) is 8.27. The number of aromatic nitrogens is 2. The predicted molar refractivity (Wildman–Crippen MR) is 50.5 cm³/mol. The molecule has 7 nitrogen and oxygen atoms in total. The normalized spacial score (nSPS) is 9.73. The Bertz CT molecular complexity index is 361. The van der Waals surface area contributed by atoms with Gasteiger partial charge < -0.3 is 9.30 Å². The van der Waals surface area contributed by atoms with Crippen molar-refractivity contribution in [2.24, 2.45) is 5.84 Å². The number of rotatable bonds is 4. The van der Waals surface area contributed by atoms with Crippen molar-refractivity contribution in [1.29, 1.82) is 0 Å². The molecule has 82 valence electrons. The standard InChI is InChI=1S/C8H12N4O3/c1-2-15-8(14)7-10-3-4-12(7)5-6(13)11-9/h3-4H,2,5,9H2,1H3,(H,11,13). The van der Waals surface area contributed by atoms with E-state index in [2.05, 4.69) is 4.98 Å². The monoisotopic (exact) mass is 212 g/mol. The fourth-order valence-electron chi connectivity index (χ4n) is 1.02. The van der Waals surface area contributed by atoms with Gasteiger partial charge in [-0.15, -0.1) is 0 Å². The number of nitrogens with two attached hydrogens (primary N) is 1. The van der Waals surface area contributed by atoms with Crippen molar-refractivity contribution in [3.05, 3.63) is 18.2 Å². The second-order valence-electron chi connectivity index (χ2n) is 2.67. The van der Waals surface area contributed by atoms with Gasteiger partial charge in [0.1, 0.15) is 6.54 Å². The molecule has 0 bridgehead atoms. The van der Waals surface area contributed by atoms with Crippen LogP contribution in [0.2, 0.25) is 0 Å². The second kappa shape index (κ2) is 5.11. The highest BCUT2D eigenvalue weighted by Gasteiger charge is 2.15. The molecule has 7 heteroatoms. The third-order valence-corrected chi connectivity index (χ3v) is 1.65. The van der Waals surface area contributed by atoms with Crippen LogP contribution in [0.3, 0.4) is 0 Å². The Hall–Kier alpha value is -1.89. The molecular formula is C8H12N4O3. The molecule has 0 spiro atoms. The van der Waals surface area contributed by atoms with E-state index in [0.29, 0.717) is 0 Å². The molecule has 15 heavy (non-hydrogen) atoms. The zero-order chi connectivity index (χ0) is 11.3. The fourth-order valence-corrected chi connectivity index (χ4v) is 1.02. The summed E-state index contributed by atoms with van der Waals surface area (Å²) in [5, 5.41) is 0. The first-order valence-electron chi connectivity index (χ1n) is 4.36. The molecule has 3 N–H and O–H groups in total. The van der Waals surface area contributed by atoms with Crippen LogP contribution in [0.15, 0.2) is 12.4 Å². The fraction of sp³-hybridized carbons (Fsp3) is 0.375. The summed E-state index contributed by atoms with van der Waals surface area (Å²) in [7, 11) is 0. The minimum atomic E-state index is -0.563. The zero-order valence-corrected chi connectivity index (χ0v) is 8.27. The lowest BCUT2D eigenvalue weighted by atomic mass is 10.5. The smallest absolute Gasteiger partial charge is 0.374 e. The number of hydrogen-bond donors (Lipinski definition) is 2. The number of amides is 1. The van der Waals surface area contributed by atoms with E-state index in [1.54, 1.807) is 6.92 Å². The van der Waals surface area contributed by atoms with E-state index in [4.69, 9.17) is 10.6 Å². The highest BCUT2D eigenvalue weighted by atomic mass is 16.5. The molecule has 0 saturated carbocycles. The Morgan fingerprint density at radius 3 is 3.00 bits per heavy atom. The average Bonchev–Trinajstić information content (AvgIpc) is 2.66. The molecule has 1 aromatic rings. The second-order valence-corrected chi connectivity index (χ2v) is 2.67. The van der Waals surface area contributed by atoms with Crippen LogP contribution < -0.4 is 11.3 Å². The number of carbonyl (C=O) groups excluding carboxylic acids is 2. The third-order valence-electron chi connectivity index (χ3n) is 1.65. The van der Waals surface area contributed by atoms with E-state index in [1.807, 2.05) is 5.43 Å². The lowest BCUT2D eigenvalue weighted by Crippen LogP contribution is -2.33. The van der Waals surface area contributed by atoms with E-state index in [1.165, 1.54) is 17.0 Å². The highest BCUT2D eigenvalue weighted by molar-refractivity contribution is 5.86. The van der Waals surface area contributed by atoms with Crippen molar-refractivity contribution in [2.45, 2.75) is 13.5 Å². The Labute approximate surface area is 86.2 Å². The predicted octanol–water partition coefficient (Wildman–Crippen LogP) is -0.950. The van der Waals surface area contributed by atoms with E-state index >= 15 is 0 Å². The molecular weight excluding hydrogens is 200 g/mol. The van der Waals surface area contributed by atoms with Gasteiger partial charge in [0.2, 0.25) is 5.82 Å². The number of ether oxygens (including phenoxy) is 1. The molecule has 0 aromatic carbocycles. The molecule has 1 amide bonds. The largest absolute Gasteiger partial charge is 0.460 e. The van der Waals surface area contributed by atoms with Crippen LogP contribution in [0, 0.1) is 0 Å². The molecule has 0 radical (unpaired) electrons. The molecule has 0 unspecified atom stereocenters. The number of hydrazine groups is 1. The van der Waals surface area contributed by atoms with Crippen LogP contribution >= 0.6 is 0 Å². The number of esters is 1. The molecule has 0 aliphatic rings. The molecule has 0 fully saturated rings. The molecule has 0 saturated heterocycles. The first-order valence-corrected chi connectivity index (χ1v) is 4.36. The summed E-state index contributed by atoms with van der Waals surface area (Å²) in [6.45, 7) is 1.89. The summed E-state index contributed by atoms with van der Waals surface area (Å²) in [4.78, 5) is 26.1. The summed E-state index contributed by atoms with van der Waals surface area (Å²) in [5.74, 6) is 4.03. The van der Waals surface area contributed by atoms with E-state index in [0.717, 1.165) is 0 Å². The van der Waals surface area contributed by atoms with E-state index < -0.39 is 11.9 Å². The molecule has 0 aliphatic heterocycles.